The quantitative estimate of drug-likeness (QED) is 0.759. The highest BCUT2D eigenvalue weighted by Gasteiger charge is 2.06. The maximum Gasteiger partial charge on any atom is 0.128 e. The second-order valence-corrected chi connectivity index (χ2v) is 5.45. The molecule has 0 aliphatic carbocycles. The molecule has 3 nitrogen and oxygen atoms in total. The molecule has 0 atom stereocenters. The van der Waals surface area contributed by atoms with E-state index in [4.69, 9.17) is 0 Å². The molecule has 0 amide bonds. The predicted octanol–water partition coefficient (Wildman–Crippen LogP) is 4.24. The highest BCUT2D eigenvalue weighted by molar-refractivity contribution is 7.13. The molecule has 0 aliphatic rings. The molecule has 102 valence electrons. The molecule has 1 N–H and O–H groups in total. The summed E-state index contributed by atoms with van der Waals surface area (Å²) in [6.07, 6.45) is 3.87. The zero-order valence-electron chi connectivity index (χ0n) is 11.4. The first-order chi connectivity index (χ1) is 9.88. The van der Waals surface area contributed by atoms with Crippen molar-refractivity contribution in [3.8, 4) is 10.4 Å². The van der Waals surface area contributed by atoms with E-state index in [1.165, 1.54) is 10.4 Å². The van der Waals surface area contributed by atoms with Crippen molar-refractivity contribution in [3.05, 3.63) is 60.0 Å². The van der Waals surface area contributed by atoms with Crippen molar-refractivity contribution in [2.45, 2.75) is 20.0 Å². The van der Waals surface area contributed by atoms with Crippen molar-refractivity contribution in [2.24, 2.45) is 0 Å². The monoisotopic (exact) mass is 283 g/mol. The van der Waals surface area contributed by atoms with Crippen LogP contribution in [0.15, 0.2) is 54.2 Å². The van der Waals surface area contributed by atoms with Crippen LogP contribution in [0.1, 0.15) is 12.7 Å². The van der Waals surface area contributed by atoms with E-state index < -0.39 is 0 Å². The van der Waals surface area contributed by atoms with Gasteiger partial charge in [-0.25, -0.2) is 4.98 Å². The van der Waals surface area contributed by atoms with Gasteiger partial charge in [-0.1, -0.05) is 24.3 Å². The molecule has 0 saturated heterocycles. The smallest absolute Gasteiger partial charge is 0.128 e. The van der Waals surface area contributed by atoms with E-state index in [1.807, 2.05) is 12.4 Å². The number of benzene rings is 1. The highest BCUT2D eigenvalue weighted by Crippen LogP contribution is 2.31. The number of nitrogens with zero attached hydrogens (tertiary/aromatic N) is 2. The number of imidazole rings is 1. The van der Waals surface area contributed by atoms with Crippen molar-refractivity contribution in [3.63, 3.8) is 0 Å². The summed E-state index contributed by atoms with van der Waals surface area (Å²) < 4.78 is 2.15. The van der Waals surface area contributed by atoms with Crippen LogP contribution in [0.2, 0.25) is 0 Å². The number of anilines is 1. The second-order valence-electron chi connectivity index (χ2n) is 4.51. The van der Waals surface area contributed by atoms with E-state index in [1.54, 1.807) is 11.3 Å². The number of nitrogens with one attached hydrogen (secondary N) is 1. The first-order valence-corrected chi connectivity index (χ1v) is 7.63. The first-order valence-electron chi connectivity index (χ1n) is 6.75. The summed E-state index contributed by atoms with van der Waals surface area (Å²) in [7, 11) is 0. The van der Waals surface area contributed by atoms with Gasteiger partial charge < -0.3 is 9.88 Å². The Morgan fingerprint density at radius 2 is 2.10 bits per heavy atom. The van der Waals surface area contributed by atoms with Gasteiger partial charge in [0, 0.05) is 35.1 Å². The van der Waals surface area contributed by atoms with Gasteiger partial charge in [0.15, 0.2) is 0 Å². The van der Waals surface area contributed by atoms with E-state index >= 15 is 0 Å². The average molecular weight is 283 g/mol. The second kappa shape index (κ2) is 5.92. The summed E-state index contributed by atoms with van der Waals surface area (Å²) in [4.78, 5) is 5.68. The Hall–Kier alpha value is -2.07. The Morgan fingerprint density at radius 1 is 1.20 bits per heavy atom. The predicted molar refractivity (Wildman–Crippen MR) is 85.0 cm³/mol. The fourth-order valence-corrected chi connectivity index (χ4v) is 3.02. The molecule has 0 unspecified atom stereocenters. The third-order valence-electron chi connectivity index (χ3n) is 3.29. The Bertz CT molecular complexity index is 671. The number of para-hydroxylation sites is 1. The molecule has 2 aromatic heterocycles. The molecule has 4 heteroatoms. The third-order valence-corrected chi connectivity index (χ3v) is 4.20. The van der Waals surface area contributed by atoms with Crippen LogP contribution in [0.4, 0.5) is 5.69 Å². The van der Waals surface area contributed by atoms with Crippen LogP contribution in [0.3, 0.4) is 0 Å². The lowest BCUT2D eigenvalue weighted by atomic mass is 10.1. The lowest BCUT2D eigenvalue weighted by molar-refractivity contribution is 0.708. The number of hydrogen-bond donors (Lipinski definition) is 1. The molecule has 1 aromatic carbocycles. The van der Waals surface area contributed by atoms with E-state index in [-0.39, 0.29) is 0 Å². The summed E-state index contributed by atoms with van der Waals surface area (Å²) in [5.74, 6) is 1.06. The lowest BCUT2D eigenvalue weighted by Gasteiger charge is -2.11. The summed E-state index contributed by atoms with van der Waals surface area (Å²) in [5, 5.41) is 5.61. The van der Waals surface area contributed by atoms with E-state index in [2.05, 4.69) is 63.6 Å². The SMILES string of the molecule is CCn1ccnc1CNc1ccccc1-c1cccs1. The fraction of sp³-hybridized carbons (Fsp3) is 0.188. The summed E-state index contributed by atoms with van der Waals surface area (Å²) in [5.41, 5.74) is 2.40. The minimum atomic E-state index is 0.739. The van der Waals surface area contributed by atoms with Gasteiger partial charge in [0.05, 0.1) is 6.54 Å². The largest absolute Gasteiger partial charge is 0.377 e. The molecule has 0 aliphatic heterocycles. The van der Waals surface area contributed by atoms with Gasteiger partial charge in [0.1, 0.15) is 5.82 Å². The molecule has 3 aromatic rings. The van der Waals surface area contributed by atoms with Crippen LogP contribution in [0.25, 0.3) is 10.4 Å². The van der Waals surface area contributed by atoms with Crippen molar-refractivity contribution in [2.75, 3.05) is 5.32 Å². The summed E-state index contributed by atoms with van der Waals surface area (Å²) in [6, 6.07) is 12.6. The molecular formula is C16H17N3S. The number of hydrogen-bond acceptors (Lipinski definition) is 3. The zero-order chi connectivity index (χ0) is 13.8. The van der Waals surface area contributed by atoms with Gasteiger partial charge in [0.25, 0.3) is 0 Å². The molecule has 0 fully saturated rings. The lowest BCUT2D eigenvalue weighted by Crippen LogP contribution is -2.07. The topological polar surface area (TPSA) is 29.9 Å². The molecule has 20 heavy (non-hydrogen) atoms. The van der Waals surface area contributed by atoms with Crippen molar-refractivity contribution in [1.29, 1.82) is 0 Å². The molecule has 0 saturated carbocycles. The van der Waals surface area contributed by atoms with Crippen molar-refractivity contribution >= 4 is 17.0 Å². The summed E-state index contributed by atoms with van der Waals surface area (Å²) >= 11 is 1.76. The van der Waals surface area contributed by atoms with Gasteiger partial charge in [-0.15, -0.1) is 11.3 Å². The third kappa shape index (κ3) is 2.60. The van der Waals surface area contributed by atoms with Crippen LogP contribution in [0.5, 0.6) is 0 Å². The standard InChI is InChI=1S/C16H17N3S/c1-2-19-10-9-17-16(19)12-18-14-7-4-3-6-13(14)15-8-5-11-20-15/h3-11,18H,2,12H2,1H3. The molecule has 0 radical (unpaired) electrons. The number of aryl methyl sites for hydroxylation is 1. The fourth-order valence-electron chi connectivity index (χ4n) is 2.25. The molecule has 0 spiro atoms. The number of aromatic nitrogens is 2. The van der Waals surface area contributed by atoms with E-state index in [9.17, 15) is 0 Å². The number of rotatable bonds is 5. The van der Waals surface area contributed by atoms with Gasteiger partial charge >= 0.3 is 0 Å². The maximum atomic E-state index is 4.40. The van der Waals surface area contributed by atoms with Crippen LogP contribution in [-0.4, -0.2) is 9.55 Å². The Kier molecular flexibility index (Phi) is 3.83. The molecule has 3 rings (SSSR count). The van der Waals surface area contributed by atoms with Crippen LogP contribution >= 0.6 is 11.3 Å². The van der Waals surface area contributed by atoms with Gasteiger partial charge in [0.2, 0.25) is 0 Å². The molecule has 0 bridgehead atoms. The van der Waals surface area contributed by atoms with E-state index in [0.29, 0.717) is 0 Å². The van der Waals surface area contributed by atoms with Gasteiger partial charge in [-0.2, -0.15) is 0 Å². The van der Waals surface area contributed by atoms with E-state index in [0.717, 1.165) is 24.6 Å². The van der Waals surface area contributed by atoms with Gasteiger partial charge in [-0.3, -0.25) is 0 Å². The Balaban J connectivity index is 1.81. The Labute approximate surface area is 122 Å². The van der Waals surface area contributed by atoms with Crippen LogP contribution < -0.4 is 5.32 Å². The molecular weight excluding hydrogens is 266 g/mol. The van der Waals surface area contributed by atoms with Crippen LogP contribution in [-0.2, 0) is 13.1 Å². The summed E-state index contributed by atoms with van der Waals surface area (Å²) in [6.45, 7) is 3.82. The zero-order valence-corrected chi connectivity index (χ0v) is 12.2. The minimum Gasteiger partial charge on any atom is -0.377 e. The minimum absolute atomic E-state index is 0.739. The van der Waals surface area contributed by atoms with Crippen molar-refractivity contribution < 1.29 is 0 Å². The van der Waals surface area contributed by atoms with Crippen molar-refractivity contribution in [1.82, 2.24) is 9.55 Å². The Morgan fingerprint density at radius 3 is 2.90 bits per heavy atom. The maximum absolute atomic E-state index is 4.40. The normalized spacial score (nSPS) is 10.7. The first kappa shape index (κ1) is 12.9. The highest BCUT2D eigenvalue weighted by atomic mass is 32.1. The molecule has 2 heterocycles. The van der Waals surface area contributed by atoms with Gasteiger partial charge in [-0.05, 0) is 24.4 Å². The van der Waals surface area contributed by atoms with Crippen LogP contribution in [0, 0.1) is 0 Å². The number of thiophene rings is 1. The average Bonchev–Trinajstić information content (AvgIpc) is 3.16.